The van der Waals surface area contributed by atoms with Crippen molar-refractivity contribution in [2.75, 3.05) is 0 Å². The minimum absolute atomic E-state index is 0.0908. The summed E-state index contributed by atoms with van der Waals surface area (Å²) >= 11 is 0. The van der Waals surface area contributed by atoms with Gasteiger partial charge in [-0.1, -0.05) is 36.9 Å². The molecule has 130 valence electrons. The maximum absolute atomic E-state index is 13.0. The number of aliphatic hydroxyl groups is 1. The predicted molar refractivity (Wildman–Crippen MR) is 97.9 cm³/mol. The quantitative estimate of drug-likeness (QED) is 0.553. The zero-order valence-electron chi connectivity index (χ0n) is 14.3. The van der Waals surface area contributed by atoms with Crippen LogP contribution < -0.4 is 5.56 Å². The number of rotatable bonds is 3. The molecule has 4 rings (SSSR count). The molecule has 0 fully saturated rings. The number of hydrogen-bond acceptors (Lipinski definition) is 5. The summed E-state index contributed by atoms with van der Waals surface area (Å²) in [7, 11) is 0. The zero-order valence-corrected chi connectivity index (χ0v) is 14.3. The van der Waals surface area contributed by atoms with Crippen molar-refractivity contribution in [3.63, 3.8) is 0 Å². The van der Waals surface area contributed by atoms with Gasteiger partial charge >= 0.3 is 0 Å². The molecule has 0 radical (unpaired) electrons. The van der Waals surface area contributed by atoms with E-state index in [-0.39, 0.29) is 28.5 Å². The lowest BCUT2D eigenvalue weighted by atomic mass is 10.1. The SMILES string of the molecule is C=C(O)c1coc(-c2c(C)nc3c(-c4ccccc4)c(C)[nH]n3c2=O)n1. The third-order valence-electron chi connectivity index (χ3n) is 4.22. The van der Waals surface area contributed by atoms with E-state index in [1.807, 2.05) is 37.3 Å². The van der Waals surface area contributed by atoms with Crippen LogP contribution in [0.1, 0.15) is 17.1 Å². The van der Waals surface area contributed by atoms with Crippen LogP contribution in [-0.2, 0) is 0 Å². The lowest BCUT2D eigenvalue weighted by Gasteiger charge is -2.04. The van der Waals surface area contributed by atoms with Gasteiger partial charge in [-0.2, -0.15) is 0 Å². The van der Waals surface area contributed by atoms with Crippen molar-refractivity contribution in [2.24, 2.45) is 0 Å². The fourth-order valence-corrected chi connectivity index (χ4v) is 3.01. The zero-order chi connectivity index (χ0) is 18.4. The Morgan fingerprint density at radius 1 is 1.19 bits per heavy atom. The van der Waals surface area contributed by atoms with Gasteiger partial charge in [-0.05, 0) is 19.4 Å². The maximum Gasteiger partial charge on any atom is 0.285 e. The van der Waals surface area contributed by atoms with Crippen molar-refractivity contribution in [3.8, 4) is 22.6 Å². The Balaban J connectivity index is 1.99. The molecule has 7 heteroatoms. The van der Waals surface area contributed by atoms with Gasteiger partial charge in [0, 0.05) is 11.3 Å². The molecule has 0 aliphatic carbocycles. The molecule has 0 bridgehead atoms. The van der Waals surface area contributed by atoms with Crippen LogP contribution in [-0.4, -0.2) is 24.7 Å². The molecule has 0 amide bonds. The first-order valence-electron chi connectivity index (χ1n) is 7.99. The van der Waals surface area contributed by atoms with Gasteiger partial charge in [0.2, 0.25) is 5.89 Å². The highest BCUT2D eigenvalue weighted by molar-refractivity contribution is 5.80. The summed E-state index contributed by atoms with van der Waals surface area (Å²) < 4.78 is 6.73. The molecule has 0 unspecified atom stereocenters. The summed E-state index contributed by atoms with van der Waals surface area (Å²) in [5.74, 6) is -0.137. The smallest absolute Gasteiger partial charge is 0.285 e. The second-order valence-corrected chi connectivity index (χ2v) is 6.00. The lowest BCUT2D eigenvalue weighted by Crippen LogP contribution is -2.19. The van der Waals surface area contributed by atoms with Crippen LogP contribution in [0.4, 0.5) is 0 Å². The van der Waals surface area contributed by atoms with Crippen molar-refractivity contribution in [2.45, 2.75) is 13.8 Å². The molecule has 0 saturated heterocycles. The second kappa shape index (κ2) is 5.73. The van der Waals surface area contributed by atoms with E-state index in [1.54, 1.807) is 6.92 Å². The number of oxazole rings is 1. The Bertz CT molecular complexity index is 1200. The van der Waals surface area contributed by atoms with Gasteiger partial charge < -0.3 is 9.52 Å². The van der Waals surface area contributed by atoms with E-state index in [4.69, 9.17) is 4.42 Å². The number of nitrogens with zero attached hydrogens (tertiary/aromatic N) is 3. The second-order valence-electron chi connectivity index (χ2n) is 6.00. The number of nitrogens with one attached hydrogen (secondary N) is 1. The minimum atomic E-state index is -0.324. The van der Waals surface area contributed by atoms with E-state index < -0.39 is 0 Å². The van der Waals surface area contributed by atoms with Gasteiger partial charge in [0.25, 0.3) is 5.56 Å². The van der Waals surface area contributed by atoms with Gasteiger partial charge in [-0.25, -0.2) is 14.5 Å². The van der Waals surface area contributed by atoms with E-state index in [9.17, 15) is 9.90 Å². The predicted octanol–water partition coefficient (Wildman–Crippen LogP) is 3.49. The van der Waals surface area contributed by atoms with E-state index >= 15 is 0 Å². The first-order valence-corrected chi connectivity index (χ1v) is 7.99. The largest absolute Gasteiger partial charge is 0.506 e. The molecule has 7 nitrogen and oxygen atoms in total. The molecule has 0 atom stereocenters. The van der Waals surface area contributed by atoms with Crippen molar-refractivity contribution in [1.82, 2.24) is 19.6 Å². The van der Waals surface area contributed by atoms with E-state index in [0.29, 0.717) is 11.3 Å². The molecule has 1 aromatic carbocycles. The summed E-state index contributed by atoms with van der Waals surface area (Å²) in [6.45, 7) is 7.02. The summed E-state index contributed by atoms with van der Waals surface area (Å²) in [5.41, 5.74) is 3.78. The maximum atomic E-state index is 13.0. The van der Waals surface area contributed by atoms with Gasteiger partial charge in [0.15, 0.2) is 5.65 Å². The van der Waals surface area contributed by atoms with Crippen LogP contribution in [0.15, 0.2) is 52.4 Å². The molecule has 3 heterocycles. The third kappa shape index (κ3) is 2.33. The Morgan fingerprint density at radius 3 is 2.58 bits per heavy atom. The van der Waals surface area contributed by atoms with Gasteiger partial charge in [-0.15, -0.1) is 0 Å². The highest BCUT2D eigenvalue weighted by Gasteiger charge is 2.21. The molecule has 4 aromatic rings. The summed E-state index contributed by atoms with van der Waals surface area (Å²) in [6, 6.07) is 9.75. The fourth-order valence-electron chi connectivity index (χ4n) is 3.01. The van der Waals surface area contributed by atoms with Gasteiger partial charge in [-0.3, -0.25) is 9.89 Å². The van der Waals surface area contributed by atoms with Crippen LogP contribution in [0.2, 0.25) is 0 Å². The van der Waals surface area contributed by atoms with Crippen molar-refractivity contribution >= 4 is 11.4 Å². The molecular weight excluding hydrogens is 332 g/mol. The molecule has 3 aromatic heterocycles. The van der Waals surface area contributed by atoms with Gasteiger partial charge in [0.05, 0.1) is 5.69 Å². The van der Waals surface area contributed by atoms with Gasteiger partial charge in [0.1, 0.15) is 23.3 Å². The number of aromatic nitrogens is 4. The standard InChI is InChI=1S/C19H16N4O3/c1-10-16(18-21-14(9-26-18)12(3)24)19(25)23-17(20-10)15(11(2)22-23)13-7-5-4-6-8-13/h4-9,22,24H,3H2,1-2H3. The Kier molecular flexibility index (Phi) is 3.50. The van der Waals surface area contributed by atoms with Crippen molar-refractivity contribution < 1.29 is 9.52 Å². The van der Waals surface area contributed by atoms with Crippen LogP contribution in [0.25, 0.3) is 34.0 Å². The molecule has 26 heavy (non-hydrogen) atoms. The topological polar surface area (TPSA) is 96.4 Å². The first kappa shape index (κ1) is 15.9. The Hall–Kier alpha value is -3.61. The van der Waals surface area contributed by atoms with E-state index in [1.165, 1.54) is 10.8 Å². The molecule has 0 saturated carbocycles. The number of aryl methyl sites for hydroxylation is 2. The molecule has 2 N–H and O–H groups in total. The Labute approximate surface area is 148 Å². The molecule has 0 spiro atoms. The average molecular weight is 348 g/mol. The highest BCUT2D eigenvalue weighted by Crippen LogP contribution is 2.28. The normalized spacial score (nSPS) is 11.2. The molecule has 0 aliphatic rings. The number of aromatic amines is 1. The molecule has 0 aliphatic heterocycles. The van der Waals surface area contributed by atoms with E-state index in [2.05, 4.69) is 21.6 Å². The molecular formula is C19H16N4O3. The number of benzene rings is 1. The van der Waals surface area contributed by atoms with E-state index in [0.717, 1.165) is 16.8 Å². The fraction of sp³-hybridized carbons (Fsp3) is 0.105. The van der Waals surface area contributed by atoms with Crippen LogP contribution in [0, 0.1) is 13.8 Å². The number of aliphatic hydroxyl groups excluding tert-OH is 1. The number of hydrogen-bond donors (Lipinski definition) is 2. The summed E-state index contributed by atoms with van der Waals surface area (Å²) in [6.07, 6.45) is 1.25. The van der Waals surface area contributed by atoms with Crippen LogP contribution >= 0.6 is 0 Å². The monoisotopic (exact) mass is 348 g/mol. The number of fused-ring (bicyclic) bond motifs is 1. The number of H-pyrrole nitrogens is 1. The average Bonchev–Trinajstić information content (AvgIpc) is 3.21. The lowest BCUT2D eigenvalue weighted by molar-refractivity contribution is 0.509. The third-order valence-corrected chi connectivity index (χ3v) is 4.22. The first-order chi connectivity index (χ1) is 12.5. The minimum Gasteiger partial charge on any atom is -0.506 e. The van der Waals surface area contributed by atoms with Crippen molar-refractivity contribution in [3.05, 3.63) is 70.6 Å². The summed E-state index contributed by atoms with van der Waals surface area (Å²) in [5, 5.41) is 12.5. The van der Waals surface area contributed by atoms with Crippen LogP contribution in [0.3, 0.4) is 0 Å². The Morgan fingerprint density at radius 2 is 1.92 bits per heavy atom. The van der Waals surface area contributed by atoms with Crippen molar-refractivity contribution in [1.29, 1.82) is 0 Å². The van der Waals surface area contributed by atoms with Crippen LogP contribution in [0.5, 0.6) is 0 Å². The summed E-state index contributed by atoms with van der Waals surface area (Å²) in [4.78, 5) is 21.8. The highest BCUT2D eigenvalue weighted by atomic mass is 16.3.